The number of benzene rings is 1. The van der Waals surface area contributed by atoms with Gasteiger partial charge in [-0.3, -0.25) is 32.6 Å². The molecule has 1 aromatic carbocycles. The summed E-state index contributed by atoms with van der Waals surface area (Å²) in [6, 6.07) is 13.7. The molecular formula is C84H133N15O22P6. The number of amides is 3. The summed E-state index contributed by atoms with van der Waals surface area (Å²) >= 11 is 0. The van der Waals surface area contributed by atoms with Gasteiger partial charge in [0.25, 0.3) is 43.3 Å². The van der Waals surface area contributed by atoms with Gasteiger partial charge in [-0.25, -0.2) is 35.5 Å². The Morgan fingerprint density at radius 2 is 1.12 bits per heavy atom. The van der Waals surface area contributed by atoms with Crippen molar-refractivity contribution >= 4 is 82.6 Å². The molecule has 4 N–H and O–H groups in total. The van der Waals surface area contributed by atoms with Crippen LogP contribution in [0.1, 0.15) is 166 Å². The Labute approximate surface area is 752 Å². The van der Waals surface area contributed by atoms with Gasteiger partial charge >= 0.3 is 7.60 Å². The molecule has 3 saturated heterocycles. The third kappa shape index (κ3) is 25.9. The van der Waals surface area contributed by atoms with Crippen LogP contribution in [-0.4, -0.2) is 265 Å². The Kier molecular flexibility index (Phi) is 39.6. The molecule has 2 aromatic heterocycles. The van der Waals surface area contributed by atoms with E-state index in [2.05, 4.69) is 163 Å². The van der Waals surface area contributed by atoms with E-state index in [1.807, 2.05) is 26.8 Å². The summed E-state index contributed by atoms with van der Waals surface area (Å²) in [7, 11) is -8.06. The lowest BCUT2D eigenvalue weighted by Gasteiger charge is -2.38. The van der Waals surface area contributed by atoms with E-state index in [9.17, 15) is 28.1 Å². The maximum atomic E-state index is 13.5. The smallest absolute Gasteiger partial charge is 0.333 e. The molecule has 127 heavy (non-hydrogen) atoms. The van der Waals surface area contributed by atoms with E-state index in [0.29, 0.717) is 78.7 Å². The van der Waals surface area contributed by atoms with Gasteiger partial charge in [0.2, 0.25) is 21.3 Å². The van der Waals surface area contributed by atoms with Gasteiger partial charge in [0, 0.05) is 137 Å². The molecule has 11 rings (SSSR count). The van der Waals surface area contributed by atoms with Gasteiger partial charge in [0.05, 0.1) is 87.4 Å². The number of nitrogens with zero attached hydrogens (tertiary/aromatic N) is 11. The highest BCUT2D eigenvalue weighted by Crippen LogP contribution is 2.69. The van der Waals surface area contributed by atoms with Crippen LogP contribution in [0.5, 0.6) is 0 Å². The number of imidazole rings is 1. The number of hydrogen-bond acceptors (Lipinski definition) is 32. The second kappa shape index (κ2) is 47.9. The summed E-state index contributed by atoms with van der Waals surface area (Å²) in [5.41, 5.74) is 1.60. The van der Waals surface area contributed by atoms with Gasteiger partial charge < -0.3 is 105 Å². The van der Waals surface area contributed by atoms with Crippen LogP contribution >= 0.6 is 47.9 Å². The van der Waals surface area contributed by atoms with Gasteiger partial charge in [-0.1, -0.05) is 38.3 Å². The van der Waals surface area contributed by atoms with E-state index in [1.165, 1.54) is 26.6 Å². The number of anilines is 1. The quantitative estimate of drug-likeness (QED) is 0.0232. The first-order valence-corrected chi connectivity index (χ1v) is 52.7. The number of carbonyl (C=O) groups is 3. The van der Waals surface area contributed by atoms with E-state index >= 15 is 0 Å². The van der Waals surface area contributed by atoms with E-state index < -0.39 is 121 Å². The molecular weight excluding hydrogens is 1760 g/mol. The zero-order valence-electron chi connectivity index (χ0n) is 77.2. The van der Waals surface area contributed by atoms with Crippen LogP contribution in [0.4, 0.5) is 5.82 Å². The van der Waals surface area contributed by atoms with Gasteiger partial charge in [-0.05, 0) is 142 Å². The highest BCUT2D eigenvalue weighted by atomic mass is 31.2. The third-order valence-corrected chi connectivity index (χ3v) is 36.6. The molecule has 5 aliphatic heterocycles. The largest absolute Gasteiger partial charge is 0.374 e. The molecule has 43 heteroatoms. The normalized spacial score (nSPS) is 28.6. The Hall–Kier alpha value is -5.57. The molecule has 14 unspecified atom stereocenters. The lowest BCUT2D eigenvalue weighted by molar-refractivity contribution is -0.119. The fourth-order valence-electron chi connectivity index (χ4n) is 16.9. The Morgan fingerprint density at radius 1 is 0.646 bits per heavy atom. The van der Waals surface area contributed by atoms with Gasteiger partial charge in [0.1, 0.15) is 67.3 Å². The minimum Gasteiger partial charge on any atom is -0.374 e. The van der Waals surface area contributed by atoms with Crippen LogP contribution in [0.3, 0.4) is 0 Å². The summed E-state index contributed by atoms with van der Waals surface area (Å²) in [5.74, 6) is -0.282. The average molecular weight is 1890 g/mol. The molecule has 23 atom stereocenters. The first-order chi connectivity index (χ1) is 60.4. The topological polar surface area (TPSA) is 407 Å². The molecule has 706 valence electrons. The molecule has 3 aromatic rings. The van der Waals surface area contributed by atoms with Crippen molar-refractivity contribution in [2.45, 2.75) is 276 Å². The second-order valence-electron chi connectivity index (χ2n) is 33.6. The highest BCUT2D eigenvalue weighted by Gasteiger charge is 2.66. The number of aromatic nitrogens is 4. The highest BCUT2D eigenvalue weighted by molar-refractivity contribution is 7.59. The van der Waals surface area contributed by atoms with E-state index in [-0.39, 0.29) is 134 Å². The summed E-state index contributed by atoms with van der Waals surface area (Å²) < 4.78 is 148. The van der Waals surface area contributed by atoms with E-state index in [1.54, 1.807) is 80.7 Å². The van der Waals surface area contributed by atoms with Crippen molar-refractivity contribution in [2.24, 2.45) is 17.8 Å². The van der Waals surface area contributed by atoms with Crippen molar-refractivity contribution in [1.29, 1.82) is 10.5 Å². The monoisotopic (exact) mass is 1890 g/mol. The summed E-state index contributed by atoms with van der Waals surface area (Å²) in [6.07, 6.45) is 1.77. The zero-order chi connectivity index (χ0) is 93.3. The van der Waals surface area contributed by atoms with Crippen LogP contribution in [0.25, 0.3) is 16.0 Å². The number of nitrogens with one attached hydrogen (secondary N) is 4. The number of methoxy groups -OCH3 is 2. The lowest BCUT2D eigenvalue weighted by Crippen LogP contribution is -2.47. The molecule has 3 aliphatic carbocycles. The second-order valence-corrected chi connectivity index (χ2v) is 45.8. The molecule has 0 bridgehead atoms. The molecule has 7 heterocycles. The maximum absolute atomic E-state index is 13.5. The van der Waals surface area contributed by atoms with Crippen molar-refractivity contribution in [2.75, 3.05) is 93.3 Å². The standard InChI is InChI=1S/C32H45N7O7P2.C27H46N4O8P2.C25H42N4O7P2/c1-9-44-48(8,41)24-17-23(24)26-27(46-47(43-16-15-33-6)39(20(2)3)21(4)5)28(42-7)32(45-26)38-19-36-25-29(34-18-35-30(25)38)37-31(40)22-13-11-10-12-14-22;1-10-13-36-25-24(22-18(6)27(32)30-19(7)29-22)38-23(20-15-21(20)41(33,34-8)35-9)26(25)39-40(37-14-11-12-28)31(16(2)3)17(4)5;1-9-34-38(8,31)20-15-19(20)22-23(36-37(33-14-10-12-26)29(16(2)3)17(4)5)24(32-7)25(35-22)28-13-11-21(30)27-18(28)6/h10-14,18-21,23-24,26-28,32H,9,15-17H2,1-5,7-8H3,(H,34,35,37,40);16-17,20-21,23-26,29H,7,10-11,13-15H2,1-6,8-9H3,(H,30,32);11,13,16-17,19-20,22-25H,6,9-10,14-15H2,1-5,7-8H3,(H,27,30)/t23?,24?,26-,27+,28?,32-,47?,48?;20?,21?,23-,24+,25?,26+,40?;19?,20?,22-,23+,24?,25-,37?,38?/m111/s1. The Bertz CT molecular complexity index is 4500. The van der Waals surface area contributed by atoms with Crippen molar-refractivity contribution in [3.8, 4) is 12.1 Å². The van der Waals surface area contributed by atoms with Crippen molar-refractivity contribution in [3.05, 3.63) is 108 Å². The van der Waals surface area contributed by atoms with Crippen LogP contribution < -0.4 is 21.3 Å². The maximum Gasteiger partial charge on any atom is 0.333 e. The van der Waals surface area contributed by atoms with Crippen molar-refractivity contribution in [3.63, 3.8) is 0 Å². The van der Waals surface area contributed by atoms with Crippen LogP contribution in [-0.2, 0) is 96.9 Å². The molecule has 0 spiro atoms. The Balaban J connectivity index is 0.000000217. The van der Waals surface area contributed by atoms with Crippen molar-refractivity contribution in [1.82, 2.24) is 54.4 Å². The first-order valence-electron chi connectivity index (χ1n) is 43.4. The number of ether oxygens (including phenoxy) is 6. The molecule has 37 nitrogen and oxygen atoms in total. The molecule has 6 fully saturated rings. The zero-order valence-corrected chi connectivity index (χ0v) is 82.6. The summed E-state index contributed by atoms with van der Waals surface area (Å²) in [6.45, 7) is 52.8. The number of fused-ring (bicyclic) bond motifs is 1. The number of hydrogen-bond donors (Lipinski definition) is 4. The lowest BCUT2D eigenvalue weighted by atomic mass is 9.99. The average Bonchev–Trinajstić information content (AvgIpc) is 1.58. The van der Waals surface area contributed by atoms with Crippen LogP contribution in [0.15, 0.2) is 91.3 Å². The predicted molar refractivity (Wildman–Crippen MR) is 483 cm³/mol. The number of carbonyl (C=O) groups excluding carboxylic acids is 3. The minimum absolute atomic E-state index is 0.0656. The minimum atomic E-state index is -3.36. The fraction of sp³-hybridized carbons (Fsp3) is 0.702. The SMILES string of the molecule is C=C1NC(=O)C(C)=C([C@@H]2O[C@H](C3CC3P(=O)(OC)OC)[C@H](OP(OCCC#N)N(C(C)C)C(C)C)C2OCCC)N1.C=C1NC(=O)C=CN1[C@@H]1O[C@H](C2CC2P(C)(=O)OCC)[C@H](OP(OCCC#N)N(C(C)C)C(C)C)C1OC.[C-]#[N+]CCOP(O[C@@H]1C(OC)[C@H](n2cnc3c(NC(=O)c4ccccc4)ncnc32)O[C@@H]1C1CC1P(C)(=O)OCC)N(C(C)C)C(C)C. The van der Waals surface area contributed by atoms with Gasteiger partial charge in [0.15, 0.2) is 29.4 Å². The van der Waals surface area contributed by atoms with Gasteiger partial charge in [-0.2, -0.15) is 10.5 Å². The number of rotatable bonds is 46. The first kappa shape index (κ1) is 105. The summed E-state index contributed by atoms with van der Waals surface area (Å²) in [5, 5.41) is 29.7. The van der Waals surface area contributed by atoms with Crippen molar-refractivity contribution < 1.29 is 102 Å². The number of nitriles is 2. The van der Waals surface area contributed by atoms with Crippen LogP contribution in [0, 0.1) is 47.0 Å². The molecule has 3 amide bonds. The summed E-state index contributed by atoms with van der Waals surface area (Å²) in [4.78, 5) is 56.1. The Morgan fingerprint density at radius 3 is 1.58 bits per heavy atom. The van der Waals surface area contributed by atoms with Crippen LogP contribution in [0.2, 0.25) is 0 Å². The van der Waals surface area contributed by atoms with E-state index in [4.69, 9.17) is 90.8 Å². The van der Waals surface area contributed by atoms with Gasteiger partial charge in [-0.15, -0.1) is 0 Å². The molecule has 3 saturated carbocycles. The molecule has 8 aliphatic rings. The predicted octanol–water partition coefficient (Wildman–Crippen LogP) is 14.7. The fourth-order valence-corrected chi connectivity index (χ4v) is 28.4. The van der Waals surface area contributed by atoms with E-state index in [0.717, 1.165) is 6.42 Å². The molecule has 0 radical (unpaired) electrons. The third-order valence-electron chi connectivity index (χ3n) is 22.7.